The fourth-order valence-corrected chi connectivity index (χ4v) is 2.31. The van der Waals surface area contributed by atoms with Gasteiger partial charge in [0.2, 0.25) is 0 Å². The molecule has 0 unspecified atom stereocenters. The summed E-state index contributed by atoms with van der Waals surface area (Å²) < 4.78 is 12.0. The second kappa shape index (κ2) is 11.4. The smallest absolute Gasteiger partial charge is 0.0849 e. The summed E-state index contributed by atoms with van der Waals surface area (Å²) in [5, 5.41) is 13.5. The molecule has 0 aliphatic rings. The Kier molecular flexibility index (Phi) is 9.93. The van der Waals surface area contributed by atoms with Crippen LogP contribution in [0.3, 0.4) is 0 Å². The van der Waals surface area contributed by atoms with E-state index in [4.69, 9.17) is 20.4 Å². The third kappa shape index (κ3) is 6.93. The summed E-state index contributed by atoms with van der Waals surface area (Å²) in [7, 11) is -1.05. The van der Waals surface area contributed by atoms with E-state index in [1.807, 2.05) is 60.7 Å². The molecule has 0 fully saturated rings. The highest BCUT2D eigenvalue weighted by Gasteiger charge is 2.04. The average Bonchev–Trinajstić information content (AvgIpc) is 2.50. The first-order valence-corrected chi connectivity index (χ1v) is 6.40. The van der Waals surface area contributed by atoms with Gasteiger partial charge >= 0.3 is 0 Å². The number of benzene rings is 2. The van der Waals surface area contributed by atoms with Crippen molar-refractivity contribution < 1.29 is 13.8 Å². The van der Waals surface area contributed by atoms with Gasteiger partial charge in [-0.05, 0) is 36.4 Å². The molecule has 0 spiro atoms. The second-order valence-corrected chi connectivity index (χ2v) is 4.56. The molecule has 0 bridgehead atoms. The molecule has 2 aromatic carbocycles. The molecule has 0 heterocycles. The average molecular weight is 286 g/mol. The minimum atomic E-state index is -1.05. The van der Waals surface area contributed by atoms with E-state index in [1.165, 1.54) is 0 Å². The molecule has 0 aliphatic heterocycles. The first kappa shape index (κ1) is 17.4. The van der Waals surface area contributed by atoms with Gasteiger partial charge in [0.05, 0.1) is 10.8 Å². The summed E-state index contributed by atoms with van der Waals surface area (Å²) >= 11 is 0. The van der Waals surface area contributed by atoms with Gasteiger partial charge in [0.1, 0.15) is 0 Å². The molecule has 0 aliphatic carbocycles. The fraction of sp³-hybridized carbons (Fsp3) is 0. The lowest BCUT2D eigenvalue weighted by molar-refractivity contribution is 0.568. The minimum absolute atomic E-state index is 0.500. The molecule has 0 atom stereocenters. The van der Waals surface area contributed by atoms with Crippen molar-refractivity contribution in [3.8, 4) is 0 Å². The lowest BCUT2D eigenvalue weighted by atomic mass is 10.4. The zero-order valence-corrected chi connectivity index (χ0v) is 11.1. The fourth-order valence-electron chi connectivity index (χ4n) is 1.22. The van der Waals surface area contributed by atoms with Crippen LogP contribution >= 0.6 is 0 Å². The molecule has 0 saturated carbocycles. The van der Waals surface area contributed by atoms with Crippen LogP contribution in [0.2, 0.25) is 0 Å². The molecular formula is C14H10N2O3S-2. The lowest BCUT2D eigenvalue weighted by Gasteiger charge is -2.00. The van der Waals surface area contributed by atoms with Crippen molar-refractivity contribution in [3.05, 3.63) is 71.5 Å². The van der Waals surface area contributed by atoms with Crippen LogP contribution in [0.1, 0.15) is 0 Å². The van der Waals surface area contributed by atoms with Gasteiger partial charge in [-0.15, -0.1) is 0 Å². The number of rotatable bonds is 2. The Morgan fingerprint density at radius 3 is 1.20 bits per heavy atom. The van der Waals surface area contributed by atoms with Crippen LogP contribution in [-0.4, -0.2) is 16.4 Å². The molecule has 102 valence electrons. The highest BCUT2D eigenvalue weighted by atomic mass is 32.2. The van der Waals surface area contributed by atoms with E-state index in [9.17, 15) is 4.21 Å². The molecule has 6 heteroatoms. The van der Waals surface area contributed by atoms with Crippen molar-refractivity contribution in [2.24, 2.45) is 0 Å². The summed E-state index contributed by atoms with van der Waals surface area (Å²) in [6, 6.07) is 19.0. The van der Waals surface area contributed by atoms with Crippen LogP contribution in [-0.2, 0) is 20.4 Å². The predicted octanol–water partition coefficient (Wildman–Crippen LogP) is 2.64. The molecule has 0 aromatic heterocycles. The van der Waals surface area contributed by atoms with Gasteiger partial charge in [-0.2, -0.15) is 0 Å². The van der Waals surface area contributed by atoms with Gasteiger partial charge in [0.15, 0.2) is 0 Å². The first-order valence-electron chi connectivity index (χ1n) is 5.25. The molecule has 0 N–H and O–H groups in total. The Morgan fingerprint density at radius 1 is 0.700 bits per heavy atom. The van der Waals surface area contributed by atoms with Crippen molar-refractivity contribution in [2.45, 2.75) is 9.79 Å². The minimum Gasteiger partial charge on any atom is -0.724 e. The van der Waals surface area contributed by atoms with Crippen molar-refractivity contribution in [1.82, 2.24) is 0 Å². The lowest BCUT2D eigenvalue weighted by Crippen LogP contribution is -1.91. The normalized spacial score (nSPS) is 8.05. The largest absolute Gasteiger partial charge is 0.724 e. The van der Waals surface area contributed by atoms with Gasteiger partial charge in [-0.1, -0.05) is 36.4 Å². The number of hydrogen-bond acceptors (Lipinski definition) is 3. The summed E-state index contributed by atoms with van der Waals surface area (Å²) in [6.45, 7) is 0. The van der Waals surface area contributed by atoms with Crippen molar-refractivity contribution >= 4 is 23.0 Å². The molecule has 2 rings (SSSR count). The van der Waals surface area contributed by atoms with E-state index >= 15 is 0 Å². The maximum Gasteiger partial charge on any atom is 0.0849 e. The predicted molar refractivity (Wildman–Crippen MR) is 75.7 cm³/mol. The molecule has 2 aromatic rings. The molecule has 0 amide bonds. The van der Waals surface area contributed by atoms with Crippen LogP contribution in [0, 0.1) is 0 Å². The summed E-state index contributed by atoms with van der Waals surface area (Å²) in [5.41, 5.74) is 0. The first-order chi connectivity index (χ1) is 9.71. The Morgan fingerprint density at radius 2 is 0.950 bits per heavy atom. The third-order valence-corrected chi connectivity index (χ3v) is 3.32. The van der Waals surface area contributed by atoms with E-state index < -0.39 is 10.8 Å². The Balaban J connectivity index is 0.000000520. The van der Waals surface area contributed by atoms with Crippen molar-refractivity contribution in [2.75, 3.05) is 0 Å². The van der Waals surface area contributed by atoms with Crippen LogP contribution in [0.25, 0.3) is 10.8 Å². The highest BCUT2D eigenvalue weighted by molar-refractivity contribution is 7.85. The van der Waals surface area contributed by atoms with Gasteiger partial charge in [-0.3, -0.25) is 9.59 Å². The van der Waals surface area contributed by atoms with Crippen LogP contribution in [0.5, 0.6) is 0 Å². The van der Waals surface area contributed by atoms with Crippen molar-refractivity contribution in [1.29, 1.82) is 0 Å². The number of nitrogens with zero attached hydrogens (tertiary/aromatic N) is 2. The molecule has 20 heavy (non-hydrogen) atoms. The van der Waals surface area contributed by atoms with Gasteiger partial charge in [0.25, 0.3) is 0 Å². The SMILES string of the molecule is O=S(c1ccccc1)c1ccccc1.[N-]=C=O.[N-]=C=O. The van der Waals surface area contributed by atoms with Crippen molar-refractivity contribution in [3.63, 3.8) is 0 Å². The summed E-state index contributed by atoms with van der Waals surface area (Å²) in [6.07, 6.45) is 1.00. The van der Waals surface area contributed by atoms with E-state index in [-0.39, 0.29) is 0 Å². The summed E-state index contributed by atoms with van der Waals surface area (Å²) in [5.74, 6) is 0. The number of carbonyl (C=O) groups excluding carboxylic acids is 2. The van der Waals surface area contributed by atoms with Crippen LogP contribution < -0.4 is 0 Å². The monoisotopic (exact) mass is 286 g/mol. The molecule has 0 saturated heterocycles. The maximum absolute atomic E-state index is 12.0. The van der Waals surface area contributed by atoms with Gasteiger partial charge in [0, 0.05) is 9.79 Å². The zero-order chi connectivity index (χ0) is 15.2. The van der Waals surface area contributed by atoms with Gasteiger partial charge < -0.3 is 10.8 Å². The van der Waals surface area contributed by atoms with Crippen LogP contribution in [0.15, 0.2) is 70.5 Å². The second-order valence-electron chi connectivity index (χ2n) is 3.08. The Bertz CT molecular complexity index is 535. The van der Waals surface area contributed by atoms with E-state index in [0.29, 0.717) is 12.2 Å². The molecule has 5 nitrogen and oxygen atoms in total. The number of isocyanates is 2. The topological polar surface area (TPSA) is 95.8 Å². The molecule has 0 radical (unpaired) electrons. The maximum atomic E-state index is 12.0. The third-order valence-electron chi connectivity index (χ3n) is 1.91. The van der Waals surface area contributed by atoms with E-state index in [0.717, 1.165) is 9.79 Å². The molecular weight excluding hydrogens is 276 g/mol. The number of hydrogen-bond donors (Lipinski definition) is 0. The van der Waals surface area contributed by atoms with E-state index in [2.05, 4.69) is 0 Å². The van der Waals surface area contributed by atoms with E-state index in [1.54, 1.807) is 0 Å². The quantitative estimate of drug-likeness (QED) is 0.627. The Hall–Kier alpha value is -2.65. The van der Waals surface area contributed by atoms with Crippen LogP contribution in [0.4, 0.5) is 0 Å². The summed E-state index contributed by atoms with van der Waals surface area (Å²) in [4.78, 5) is 18.2. The standard InChI is InChI=1S/C12H10OS.2CNO/c13-14(11-7-3-1-4-8-11)12-9-5-2-6-10-12;2*2-1-3/h1-10H;;/q;2*-1. The van der Waals surface area contributed by atoms with Gasteiger partial charge in [-0.25, -0.2) is 4.21 Å². The Labute approximate surface area is 118 Å². The zero-order valence-electron chi connectivity index (χ0n) is 10.3. The highest BCUT2D eigenvalue weighted by Crippen LogP contribution is 2.14.